The fourth-order valence-corrected chi connectivity index (χ4v) is 8.04. The lowest BCUT2D eigenvalue weighted by Crippen LogP contribution is -2.14. The van der Waals surface area contributed by atoms with Gasteiger partial charge in [0.25, 0.3) is 0 Å². The third kappa shape index (κ3) is 5.14. The Kier molecular flexibility index (Phi) is 7.27. The number of thiophene rings is 1. The van der Waals surface area contributed by atoms with Gasteiger partial charge in [0.15, 0.2) is 0 Å². The Morgan fingerprint density at radius 2 is 0.851 bits per heavy atom. The summed E-state index contributed by atoms with van der Waals surface area (Å²) in [5, 5.41) is 4.97. The topological polar surface area (TPSA) is 6.48 Å². The lowest BCUT2D eigenvalue weighted by molar-refractivity contribution is 1.28. The van der Waals surface area contributed by atoms with Gasteiger partial charge >= 0.3 is 0 Å². The molecule has 0 aliphatic carbocycles. The van der Waals surface area contributed by atoms with Gasteiger partial charge in [-0.2, -0.15) is 0 Å². The van der Waals surface area contributed by atoms with Crippen molar-refractivity contribution in [2.75, 3.05) is 9.80 Å². The van der Waals surface area contributed by atoms with E-state index in [-0.39, 0.29) is 0 Å². The van der Waals surface area contributed by atoms with Crippen molar-refractivity contribution in [1.82, 2.24) is 0 Å². The molecule has 3 heteroatoms. The summed E-state index contributed by atoms with van der Waals surface area (Å²) in [7, 11) is 0. The number of anilines is 6. The van der Waals surface area contributed by atoms with Crippen LogP contribution in [0.15, 0.2) is 146 Å². The van der Waals surface area contributed by atoms with Crippen LogP contribution < -0.4 is 9.80 Å². The number of hydrogen-bond acceptors (Lipinski definition) is 3. The van der Waals surface area contributed by atoms with Gasteiger partial charge in [0, 0.05) is 49.0 Å². The Morgan fingerprint density at radius 3 is 1.38 bits per heavy atom. The van der Waals surface area contributed by atoms with Gasteiger partial charge in [0.1, 0.15) is 0 Å². The number of rotatable bonds is 6. The van der Waals surface area contributed by atoms with Gasteiger partial charge in [-0.15, -0.1) is 11.3 Å². The molecule has 0 N–H and O–H groups in total. The van der Waals surface area contributed by atoms with E-state index in [1.165, 1.54) is 64.6 Å². The van der Waals surface area contributed by atoms with Crippen LogP contribution in [-0.4, -0.2) is 0 Å². The molecule has 0 bridgehead atoms. The van der Waals surface area contributed by atoms with Crippen molar-refractivity contribution < 1.29 is 0 Å². The van der Waals surface area contributed by atoms with Crippen LogP contribution in [0.1, 0.15) is 22.3 Å². The van der Waals surface area contributed by atoms with E-state index in [9.17, 15) is 0 Å². The van der Waals surface area contributed by atoms with Crippen molar-refractivity contribution in [3.63, 3.8) is 0 Å². The van der Waals surface area contributed by atoms with Gasteiger partial charge in [-0.1, -0.05) is 102 Å². The maximum absolute atomic E-state index is 2.48. The molecule has 0 unspecified atom stereocenters. The molecule has 2 nitrogen and oxygen atoms in total. The zero-order valence-corrected chi connectivity index (χ0v) is 28.0. The van der Waals surface area contributed by atoms with Gasteiger partial charge in [-0.25, -0.2) is 0 Å². The summed E-state index contributed by atoms with van der Waals surface area (Å²) in [5.41, 5.74) is 12.0. The Labute approximate surface area is 280 Å². The van der Waals surface area contributed by atoms with E-state index >= 15 is 0 Å². The normalized spacial score (nSPS) is 11.4. The van der Waals surface area contributed by atoms with E-state index in [1.807, 2.05) is 11.3 Å². The summed E-state index contributed by atoms with van der Waals surface area (Å²) in [6.45, 7) is 8.66. The molecule has 0 saturated carbocycles. The number of aryl methyl sites for hydroxylation is 4. The zero-order chi connectivity index (χ0) is 32.1. The second-order valence-electron chi connectivity index (χ2n) is 12.6. The highest BCUT2D eigenvalue weighted by Crippen LogP contribution is 2.55. The zero-order valence-electron chi connectivity index (χ0n) is 27.2. The first-order valence-corrected chi connectivity index (χ1v) is 17.0. The van der Waals surface area contributed by atoms with Crippen molar-refractivity contribution in [2.24, 2.45) is 0 Å². The van der Waals surface area contributed by atoms with Crippen LogP contribution in [0.4, 0.5) is 34.1 Å². The number of nitrogens with zero attached hydrogens (tertiary/aromatic N) is 2. The molecule has 0 aliphatic rings. The summed E-state index contributed by atoms with van der Waals surface area (Å²) in [5.74, 6) is 0. The number of benzene rings is 7. The summed E-state index contributed by atoms with van der Waals surface area (Å²) < 4.78 is 2.55. The molecular formula is C44H36N2S. The molecule has 0 atom stereocenters. The molecule has 0 spiro atoms. The van der Waals surface area contributed by atoms with Crippen molar-refractivity contribution >= 4 is 76.4 Å². The third-order valence-corrected chi connectivity index (χ3v) is 10.2. The summed E-state index contributed by atoms with van der Waals surface area (Å²) >= 11 is 1.89. The van der Waals surface area contributed by atoms with Crippen molar-refractivity contribution in [3.05, 3.63) is 168 Å². The van der Waals surface area contributed by atoms with Gasteiger partial charge in [0.05, 0.1) is 16.1 Å². The standard InChI is InChI=1S/C44H36N2S/c1-29-19-23-33(24-20-29)45(35-13-9-11-31(3)27-35)42-37-15-5-6-16-38(37)43(44-41(42)39-17-7-8-18-40(39)47-44)46(34-25-21-30(2)22-26-34)36-14-10-12-32(4)28-36/h5-28H,1-4H3. The average molecular weight is 625 g/mol. The van der Waals surface area contributed by atoms with Crippen LogP contribution >= 0.6 is 11.3 Å². The first-order chi connectivity index (χ1) is 23.0. The minimum Gasteiger partial charge on any atom is -0.309 e. The Morgan fingerprint density at radius 1 is 0.383 bits per heavy atom. The van der Waals surface area contributed by atoms with Crippen LogP contribution in [0, 0.1) is 27.7 Å². The molecule has 1 heterocycles. The SMILES string of the molecule is Cc1ccc(N(c2cccc(C)c2)c2c3ccccc3c(N(c3ccc(C)cc3)c3cccc(C)c3)c3c2sc2ccccc23)cc1. The van der Waals surface area contributed by atoms with Crippen LogP contribution in [0.2, 0.25) is 0 Å². The maximum Gasteiger partial charge on any atom is 0.0720 e. The van der Waals surface area contributed by atoms with E-state index in [0.29, 0.717) is 0 Å². The second-order valence-corrected chi connectivity index (χ2v) is 13.6. The predicted molar refractivity (Wildman–Crippen MR) is 205 cm³/mol. The molecule has 0 saturated heterocycles. The highest BCUT2D eigenvalue weighted by Gasteiger charge is 2.28. The lowest BCUT2D eigenvalue weighted by atomic mass is 9.97. The molecular weight excluding hydrogens is 589 g/mol. The van der Waals surface area contributed by atoms with Crippen LogP contribution in [0.5, 0.6) is 0 Å². The molecule has 8 aromatic rings. The quantitative estimate of drug-likeness (QED) is 0.170. The molecule has 1 aromatic heterocycles. The van der Waals surface area contributed by atoms with E-state index in [1.54, 1.807) is 0 Å². The molecule has 0 amide bonds. The van der Waals surface area contributed by atoms with Crippen LogP contribution in [-0.2, 0) is 0 Å². The monoisotopic (exact) mass is 624 g/mol. The third-order valence-electron chi connectivity index (χ3n) is 9.04. The molecule has 0 aliphatic heterocycles. The van der Waals surface area contributed by atoms with E-state index < -0.39 is 0 Å². The van der Waals surface area contributed by atoms with E-state index in [0.717, 1.165) is 22.7 Å². The molecule has 8 rings (SSSR count). The highest BCUT2D eigenvalue weighted by molar-refractivity contribution is 7.26. The number of hydrogen-bond donors (Lipinski definition) is 0. The van der Waals surface area contributed by atoms with E-state index in [4.69, 9.17) is 0 Å². The highest BCUT2D eigenvalue weighted by atomic mass is 32.1. The van der Waals surface area contributed by atoms with Gasteiger partial charge in [-0.3, -0.25) is 0 Å². The smallest absolute Gasteiger partial charge is 0.0720 e. The Hall–Kier alpha value is -5.38. The fourth-order valence-electron chi connectivity index (χ4n) is 6.79. The van der Waals surface area contributed by atoms with Crippen LogP contribution in [0.25, 0.3) is 30.9 Å². The lowest BCUT2D eigenvalue weighted by Gasteiger charge is -2.32. The van der Waals surface area contributed by atoms with Crippen molar-refractivity contribution in [3.8, 4) is 0 Å². The van der Waals surface area contributed by atoms with Crippen LogP contribution in [0.3, 0.4) is 0 Å². The van der Waals surface area contributed by atoms with Gasteiger partial charge in [-0.05, 0) is 93.4 Å². The maximum atomic E-state index is 2.48. The molecule has 0 fully saturated rings. The first-order valence-electron chi connectivity index (χ1n) is 16.2. The Bertz CT molecular complexity index is 2400. The first kappa shape index (κ1) is 29.1. The second kappa shape index (κ2) is 11.8. The minimum atomic E-state index is 1.14. The van der Waals surface area contributed by atoms with Gasteiger partial charge < -0.3 is 9.80 Å². The number of fused-ring (bicyclic) bond motifs is 4. The Balaban J connectivity index is 1.56. The molecule has 47 heavy (non-hydrogen) atoms. The fraction of sp³-hybridized carbons (Fsp3) is 0.0909. The van der Waals surface area contributed by atoms with Crippen molar-refractivity contribution in [1.29, 1.82) is 0 Å². The molecule has 228 valence electrons. The van der Waals surface area contributed by atoms with Gasteiger partial charge in [0.2, 0.25) is 0 Å². The molecule has 0 radical (unpaired) electrons. The summed E-state index contributed by atoms with van der Waals surface area (Å²) in [6, 6.07) is 53.5. The van der Waals surface area contributed by atoms with E-state index in [2.05, 4.69) is 183 Å². The average Bonchev–Trinajstić information content (AvgIpc) is 3.47. The molecule has 7 aromatic carbocycles. The van der Waals surface area contributed by atoms with Crippen molar-refractivity contribution in [2.45, 2.75) is 27.7 Å². The predicted octanol–water partition coefficient (Wildman–Crippen LogP) is 13.4. The minimum absolute atomic E-state index is 1.14. The largest absolute Gasteiger partial charge is 0.309 e. The summed E-state index contributed by atoms with van der Waals surface area (Å²) in [4.78, 5) is 4.95. The summed E-state index contributed by atoms with van der Waals surface area (Å²) in [6.07, 6.45) is 0.